The summed E-state index contributed by atoms with van der Waals surface area (Å²) >= 11 is 0. The van der Waals surface area contributed by atoms with Crippen molar-refractivity contribution in [2.45, 2.75) is 51.9 Å². The van der Waals surface area contributed by atoms with Crippen molar-refractivity contribution in [3.63, 3.8) is 0 Å². The third-order valence-electron chi connectivity index (χ3n) is 4.51. The number of guanidine groups is 1. The fourth-order valence-electron chi connectivity index (χ4n) is 3.10. The molecule has 1 aromatic rings. The van der Waals surface area contributed by atoms with E-state index in [9.17, 15) is 13.2 Å². The third kappa shape index (κ3) is 8.25. The van der Waals surface area contributed by atoms with Crippen molar-refractivity contribution in [2.24, 2.45) is 4.99 Å². The summed E-state index contributed by atoms with van der Waals surface area (Å²) < 4.78 is 37.9. The van der Waals surface area contributed by atoms with Crippen molar-refractivity contribution in [1.82, 2.24) is 15.5 Å². The molecule has 2 rings (SSSR count). The molecule has 0 amide bonds. The van der Waals surface area contributed by atoms with E-state index in [0.29, 0.717) is 12.6 Å². The van der Waals surface area contributed by atoms with Gasteiger partial charge in [0.1, 0.15) is 0 Å². The van der Waals surface area contributed by atoms with Gasteiger partial charge in [-0.05, 0) is 50.4 Å². The molecule has 27 heavy (non-hydrogen) atoms. The van der Waals surface area contributed by atoms with Crippen LogP contribution in [0.5, 0.6) is 0 Å². The van der Waals surface area contributed by atoms with Crippen molar-refractivity contribution >= 4 is 29.9 Å². The van der Waals surface area contributed by atoms with Crippen LogP contribution >= 0.6 is 24.0 Å². The van der Waals surface area contributed by atoms with Crippen LogP contribution in [0.2, 0.25) is 0 Å². The van der Waals surface area contributed by atoms with Crippen LogP contribution in [-0.4, -0.2) is 43.1 Å². The molecule has 1 saturated heterocycles. The summed E-state index contributed by atoms with van der Waals surface area (Å²) in [5.74, 6) is 0.723. The highest BCUT2D eigenvalue weighted by molar-refractivity contribution is 14.0. The van der Waals surface area contributed by atoms with Crippen molar-refractivity contribution < 1.29 is 13.2 Å². The van der Waals surface area contributed by atoms with Gasteiger partial charge in [-0.25, -0.2) is 4.99 Å². The Morgan fingerprint density at radius 3 is 2.30 bits per heavy atom. The van der Waals surface area contributed by atoms with Gasteiger partial charge in [0.2, 0.25) is 0 Å². The lowest BCUT2D eigenvalue weighted by molar-refractivity contribution is -0.137. The van der Waals surface area contributed by atoms with Crippen molar-refractivity contribution in [3.8, 4) is 0 Å². The highest BCUT2D eigenvalue weighted by atomic mass is 127. The largest absolute Gasteiger partial charge is 0.416 e. The highest BCUT2D eigenvalue weighted by Crippen LogP contribution is 2.29. The lowest BCUT2D eigenvalue weighted by Crippen LogP contribution is -2.48. The average Bonchev–Trinajstić information content (AvgIpc) is 2.61. The molecule has 154 valence electrons. The maximum absolute atomic E-state index is 12.6. The monoisotopic (exact) mass is 498 g/mol. The number of benzene rings is 1. The van der Waals surface area contributed by atoms with Gasteiger partial charge in [0, 0.05) is 25.7 Å². The van der Waals surface area contributed by atoms with Crippen LogP contribution in [0.4, 0.5) is 13.2 Å². The number of nitrogens with one attached hydrogen (secondary N) is 2. The second kappa shape index (κ2) is 11.7. The number of likely N-dealkylation sites (tertiary alicyclic amines) is 1. The summed E-state index contributed by atoms with van der Waals surface area (Å²) in [4.78, 5) is 7.00. The van der Waals surface area contributed by atoms with E-state index in [0.717, 1.165) is 62.7 Å². The molecule has 1 aromatic carbocycles. The minimum Gasteiger partial charge on any atom is -0.357 e. The third-order valence-corrected chi connectivity index (χ3v) is 4.51. The number of piperidine rings is 1. The summed E-state index contributed by atoms with van der Waals surface area (Å²) in [6.07, 6.45) is -0.977. The second-order valence-electron chi connectivity index (χ2n) is 6.65. The van der Waals surface area contributed by atoms with Gasteiger partial charge >= 0.3 is 6.18 Å². The van der Waals surface area contributed by atoms with Gasteiger partial charge in [0.15, 0.2) is 5.96 Å². The van der Waals surface area contributed by atoms with E-state index in [1.165, 1.54) is 18.6 Å². The van der Waals surface area contributed by atoms with E-state index >= 15 is 0 Å². The van der Waals surface area contributed by atoms with Gasteiger partial charge in [-0.1, -0.05) is 19.1 Å². The summed E-state index contributed by atoms with van der Waals surface area (Å²) in [6, 6.07) is 5.56. The maximum atomic E-state index is 12.6. The van der Waals surface area contributed by atoms with Crippen LogP contribution in [0.1, 0.15) is 44.2 Å². The Morgan fingerprint density at radius 1 is 1.15 bits per heavy atom. The fraction of sp³-hybridized carbons (Fsp3) is 0.632. The van der Waals surface area contributed by atoms with Crippen LogP contribution < -0.4 is 10.6 Å². The first-order valence-corrected chi connectivity index (χ1v) is 9.35. The van der Waals surface area contributed by atoms with Crippen molar-refractivity contribution in [2.75, 3.05) is 26.2 Å². The molecular formula is C19H30F3IN4. The lowest BCUT2D eigenvalue weighted by atomic mass is 10.1. The molecule has 0 saturated carbocycles. The van der Waals surface area contributed by atoms with Gasteiger partial charge in [-0.15, -0.1) is 24.0 Å². The van der Waals surface area contributed by atoms with Gasteiger partial charge < -0.3 is 15.5 Å². The van der Waals surface area contributed by atoms with Crippen molar-refractivity contribution in [3.05, 3.63) is 35.4 Å². The van der Waals surface area contributed by atoms with Crippen LogP contribution in [0, 0.1) is 0 Å². The maximum Gasteiger partial charge on any atom is 0.416 e. The summed E-state index contributed by atoms with van der Waals surface area (Å²) in [6.45, 7) is 8.61. The van der Waals surface area contributed by atoms with Crippen molar-refractivity contribution in [1.29, 1.82) is 0 Å². The molecular weight excluding hydrogens is 468 g/mol. The van der Waals surface area contributed by atoms with Crippen LogP contribution in [-0.2, 0) is 12.7 Å². The van der Waals surface area contributed by atoms with Crippen LogP contribution in [0.15, 0.2) is 29.3 Å². The standard InChI is InChI=1S/C19H29F3N4.HI/c1-3-11-26-12-9-17(10-13-26)25-18(23-4-2)24-14-15-5-7-16(8-6-15)19(20,21)22;/h5-8,17H,3-4,9-14H2,1-2H3,(H2,23,24,25);1H. The molecule has 1 heterocycles. The number of alkyl halides is 3. The second-order valence-corrected chi connectivity index (χ2v) is 6.65. The Morgan fingerprint density at radius 2 is 1.78 bits per heavy atom. The summed E-state index contributed by atoms with van der Waals surface area (Å²) in [7, 11) is 0. The first kappa shape index (κ1) is 24.0. The predicted octanol–water partition coefficient (Wildman–Crippen LogP) is 4.25. The molecule has 0 atom stereocenters. The Kier molecular flexibility index (Phi) is 10.4. The zero-order valence-electron chi connectivity index (χ0n) is 16.0. The number of halogens is 4. The summed E-state index contributed by atoms with van der Waals surface area (Å²) in [5.41, 5.74) is 0.127. The molecule has 0 aromatic heterocycles. The quantitative estimate of drug-likeness (QED) is 0.350. The number of hydrogen-bond donors (Lipinski definition) is 2. The van der Waals surface area contributed by atoms with Gasteiger partial charge in [-0.3, -0.25) is 0 Å². The van der Waals surface area contributed by atoms with E-state index in [-0.39, 0.29) is 24.0 Å². The Labute approximate surface area is 177 Å². The highest BCUT2D eigenvalue weighted by Gasteiger charge is 2.29. The van der Waals surface area contributed by atoms with E-state index in [4.69, 9.17) is 0 Å². The molecule has 2 N–H and O–H groups in total. The van der Waals surface area contributed by atoms with E-state index in [2.05, 4.69) is 27.4 Å². The SMILES string of the molecule is CCCN1CCC(NC(=NCc2ccc(C(F)(F)F)cc2)NCC)CC1.I. The molecule has 4 nitrogen and oxygen atoms in total. The van der Waals surface area contributed by atoms with E-state index in [1.54, 1.807) is 0 Å². The molecule has 0 unspecified atom stereocenters. The molecule has 1 aliphatic rings. The smallest absolute Gasteiger partial charge is 0.357 e. The first-order chi connectivity index (χ1) is 12.4. The topological polar surface area (TPSA) is 39.7 Å². The average molecular weight is 498 g/mol. The van der Waals surface area contributed by atoms with Crippen LogP contribution in [0.3, 0.4) is 0 Å². The predicted molar refractivity (Wildman–Crippen MR) is 115 cm³/mol. The van der Waals surface area contributed by atoms with Gasteiger partial charge in [0.05, 0.1) is 12.1 Å². The molecule has 0 radical (unpaired) electrons. The number of rotatable bonds is 6. The fourth-order valence-corrected chi connectivity index (χ4v) is 3.10. The molecule has 1 aliphatic heterocycles. The molecule has 1 fully saturated rings. The molecule has 0 bridgehead atoms. The molecule has 0 aliphatic carbocycles. The number of nitrogens with zero attached hydrogens (tertiary/aromatic N) is 2. The van der Waals surface area contributed by atoms with Gasteiger partial charge in [-0.2, -0.15) is 13.2 Å². The minimum absolute atomic E-state index is 0. The molecule has 8 heteroatoms. The van der Waals surface area contributed by atoms with Crippen LogP contribution in [0.25, 0.3) is 0 Å². The Hall–Kier alpha value is -1.03. The Balaban J connectivity index is 0.00000364. The lowest BCUT2D eigenvalue weighted by Gasteiger charge is -2.32. The molecule has 0 spiro atoms. The number of aliphatic imine (C=N–C) groups is 1. The first-order valence-electron chi connectivity index (χ1n) is 9.35. The van der Waals surface area contributed by atoms with Gasteiger partial charge in [0.25, 0.3) is 0 Å². The normalized spacial score (nSPS) is 16.7. The van der Waals surface area contributed by atoms with E-state index < -0.39 is 11.7 Å². The van der Waals surface area contributed by atoms with E-state index in [1.807, 2.05) is 6.92 Å². The minimum atomic E-state index is -4.30. The zero-order chi connectivity index (χ0) is 19.0. The number of hydrogen-bond acceptors (Lipinski definition) is 2. The Bertz CT molecular complexity index is 567. The summed E-state index contributed by atoms with van der Waals surface area (Å²) in [5, 5.41) is 6.68. The zero-order valence-corrected chi connectivity index (χ0v) is 18.3.